The van der Waals surface area contributed by atoms with Gasteiger partial charge < -0.3 is 15.8 Å². The Morgan fingerprint density at radius 3 is 2.64 bits per heavy atom. The average Bonchev–Trinajstić information content (AvgIpc) is 2.52. The molecule has 0 spiro atoms. The van der Waals surface area contributed by atoms with Gasteiger partial charge >= 0.3 is 0 Å². The minimum atomic E-state index is 0.129. The highest BCUT2D eigenvalue weighted by Crippen LogP contribution is 2.41. The van der Waals surface area contributed by atoms with Gasteiger partial charge in [-0.1, -0.05) is 24.6 Å². The largest absolute Gasteiger partial charge is 0.496 e. The van der Waals surface area contributed by atoms with E-state index < -0.39 is 0 Å². The van der Waals surface area contributed by atoms with Crippen LogP contribution in [0.2, 0.25) is 0 Å². The summed E-state index contributed by atoms with van der Waals surface area (Å²) >= 11 is 0. The highest BCUT2D eigenvalue weighted by atomic mass is 16.5. The van der Waals surface area contributed by atoms with Crippen LogP contribution in [-0.4, -0.2) is 19.1 Å². The van der Waals surface area contributed by atoms with Gasteiger partial charge in [-0.25, -0.2) is 0 Å². The summed E-state index contributed by atoms with van der Waals surface area (Å²) in [6, 6.07) is 8.13. The van der Waals surface area contributed by atoms with E-state index in [0.29, 0.717) is 24.4 Å². The molecule has 3 N–H and O–H groups in total. The van der Waals surface area contributed by atoms with Crippen LogP contribution in [0.4, 0.5) is 0 Å². The van der Waals surface area contributed by atoms with Gasteiger partial charge in [0.1, 0.15) is 5.75 Å². The van der Waals surface area contributed by atoms with Crippen molar-refractivity contribution in [2.24, 2.45) is 23.5 Å². The number of hydrogen-bond acceptors (Lipinski definition) is 3. The van der Waals surface area contributed by atoms with E-state index in [2.05, 4.69) is 5.32 Å². The van der Waals surface area contributed by atoms with Crippen molar-refractivity contribution in [1.82, 2.24) is 5.32 Å². The van der Waals surface area contributed by atoms with Gasteiger partial charge in [0.2, 0.25) is 5.91 Å². The molecule has 4 nitrogen and oxygen atoms in total. The summed E-state index contributed by atoms with van der Waals surface area (Å²) in [5, 5.41) is 3.09. The zero-order valence-corrected chi connectivity index (χ0v) is 13.3. The van der Waals surface area contributed by atoms with E-state index >= 15 is 0 Å². The van der Waals surface area contributed by atoms with Crippen LogP contribution in [-0.2, 0) is 11.3 Å². The van der Waals surface area contributed by atoms with E-state index in [1.807, 2.05) is 24.3 Å². The summed E-state index contributed by atoms with van der Waals surface area (Å²) in [6.07, 6.45) is 5.56. The molecule has 2 fully saturated rings. The summed E-state index contributed by atoms with van der Waals surface area (Å²) in [6.45, 7) is 0.529. The first kappa shape index (κ1) is 15.3. The second-order valence-corrected chi connectivity index (χ2v) is 6.73. The Morgan fingerprint density at radius 2 is 1.95 bits per heavy atom. The molecule has 3 rings (SSSR count). The number of nitrogens with two attached hydrogens (primary N) is 1. The molecule has 0 aromatic heterocycles. The van der Waals surface area contributed by atoms with Crippen molar-refractivity contribution in [2.75, 3.05) is 7.11 Å². The van der Waals surface area contributed by atoms with Crippen LogP contribution < -0.4 is 15.8 Å². The Balaban J connectivity index is 1.58. The SMILES string of the molecule is COc1ccccc1CNC(=O)C1CC2CCCC(C1)C2N. The van der Waals surface area contributed by atoms with Gasteiger partial charge in [-0.15, -0.1) is 0 Å². The number of carbonyl (C=O) groups is 1. The average molecular weight is 302 g/mol. The normalized spacial score (nSPS) is 30.6. The van der Waals surface area contributed by atoms with Gasteiger partial charge in [0.15, 0.2) is 0 Å². The first-order valence-corrected chi connectivity index (χ1v) is 8.34. The number of rotatable bonds is 4. The van der Waals surface area contributed by atoms with Gasteiger partial charge in [0, 0.05) is 24.1 Å². The minimum absolute atomic E-state index is 0.129. The lowest BCUT2D eigenvalue weighted by molar-refractivity contribution is -0.128. The summed E-state index contributed by atoms with van der Waals surface area (Å²) in [5.41, 5.74) is 7.32. The zero-order valence-electron chi connectivity index (χ0n) is 13.3. The monoisotopic (exact) mass is 302 g/mol. The number of carbonyl (C=O) groups excluding carboxylic acids is 1. The maximum Gasteiger partial charge on any atom is 0.223 e. The third-order valence-electron chi connectivity index (χ3n) is 5.43. The van der Waals surface area contributed by atoms with E-state index in [9.17, 15) is 4.79 Å². The summed E-state index contributed by atoms with van der Waals surface area (Å²) in [4.78, 5) is 12.5. The van der Waals surface area contributed by atoms with Crippen molar-refractivity contribution in [3.8, 4) is 5.75 Å². The van der Waals surface area contributed by atoms with Crippen LogP contribution in [0, 0.1) is 17.8 Å². The minimum Gasteiger partial charge on any atom is -0.496 e. The molecule has 2 bridgehead atoms. The van der Waals surface area contributed by atoms with Crippen LogP contribution in [0.5, 0.6) is 5.75 Å². The highest BCUT2D eigenvalue weighted by Gasteiger charge is 2.40. The maximum absolute atomic E-state index is 12.5. The number of ether oxygens (including phenoxy) is 1. The van der Waals surface area contributed by atoms with E-state index in [-0.39, 0.29) is 11.8 Å². The number of nitrogens with one attached hydrogen (secondary N) is 1. The molecular formula is C18H26N2O2. The fourth-order valence-electron chi connectivity index (χ4n) is 4.18. The standard InChI is InChI=1S/C18H26N2O2/c1-22-16-8-3-2-5-14(16)11-20-18(21)15-9-12-6-4-7-13(10-15)17(12)19/h2-3,5,8,12-13,15,17H,4,6-7,9-11,19H2,1H3,(H,20,21). The van der Waals surface area contributed by atoms with Crippen molar-refractivity contribution in [3.63, 3.8) is 0 Å². The maximum atomic E-state index is 12.5. The second kappa shape index (κ2) is 6.69. The van der Waals surface area contributed by atoms with Crippen LogP contribution in [0.1, 0.15) is 37.7 Å². The molecular weight excluding hydrogens is 276 g/mol. The third-order valence-corrected chi connectivity index (χ3v) is 5.43. The van der Waals surface area contributed by atoms with Gasteiger partial charge in [0.25, 0.3) is 0 Å². The van der Waals surface area contributed by atoms with Gasteiger partial charge in [0.05, 0.1) is 7.11 Å². The molecule has 0 saturated heterocycles. The number of fused-ring (bicyclic) bond motifs is 2. The molecule has 1 amide bonds. The van der Waals surface area contributed by atoms with E-state index in [4.69, 9.17) is 10.5 Å². The van der Waals surface area contributed by atoms with Gasteiger partial charge in [-0.2, -0.15) is 0 Å². The van der Waals surface area contributed by atoms with Crippen LogP contribution in [0.15, 0.2) is 24.3 Å². The van der Waals surface area contributed by atoms with Crippen LogP contribution >= 0.6 is 0 Å². The predicted octanol–water partition coefficient (Wildman–Crippen LogP) is 2.46. The lowest BCUT2D eigenvalue weighted by atomic mass is 9.65. The summed E-state index contributed by atoms with van der Waals surface area (Å²) in [5.74, 6) is 2.20. The lowest BCUT2D eigenvalue weighted by Gasteiger charge is -2.43. The topological polar surface area (TPSA) is 64.3 Å². The molecule has 2 atom stereocenters. The van der Waals surface area contributed by atoms with Gasteiger partial charge in [-0.3, -0.25) is 4.79 Å². The summed E-state index contributed by atoms with van der Waals surface area (Å²) in [7, 11) is 1.66. The number of methoxy groups -OCH3 is 1. The molecule has 22 heavy (non-hydrogen) atoms. The van der Waals surface area contributed by atoms with Crippen molar-refractivity contribution in [1.29, 1.82) is 0 Å². The first-order chi connectivity index (χ1) is 10.7. The number of benzene rings is 1. The fraction of sp³-hybridized carbons (Fsp3) is 0.611. The molecule has 1 aromatic carbocycles. The van der Waals surface area contributed by atoms with E-state index in [0.717, 1.165) is 24.2 Å². The quantitative estimate of drug-likeness (QED) is 0.898. The van der Waals surface area contributed by atoms with Crippen molar-refractivity contribution >= 4 is 5.91 Å². The molecule has 2 saturated carbocycles. The predicted molar refractivity (Wildman–Crippen MR) is 86.4 cm³/mol. The van der Waals surface area contributed by atoms with Crippen molar-refractivity contribution < 1.29 is 9.53 Å². The van der Waals surface area contributed by atoms with Crippen LogP contribution in [0.25, 0.3) is 0 Å². The Kier molecular flexibility index (Phi) is 4.67. The molecule has 2 aliphatic carbocycles. The molecule has 1 aromatic rings. The van der Waals surface area contributed by atoms with E-state index in [1.54, 1.807) is 7.11 Å². The first-order valence-electron chi connectivity index (χ1n) is 8.34. The Hall–Kier alpha value is -1.55. The fourth-order valence-corrected chi connectivity index (χ4v) is 4.18. The smallest absolute Gasteiger partial charge is 0.223 e. The number of hydrogen-bond donors (Lipinski definition) is 2. The lowest BCUT2D eigenvalue weighted by Crippen LogP contribution is -2.49. The molecule has 0 aliphatic heterocycles. The summed E-state index contributed by atoms with van der Waals surface area (Å²) < 4.78 is 5.33. The molecule has 4 heteroatoms. The molecule has 2 unspecified atom stereocenters. The van der Waals surface area contributed by atoms with Crippen molar-refractivity contribution in [2.45, 2.75) is 44.7 Å². The van der Waals surface area contributed by atoms with E-state index in [1.165, 1.54) is 19.3 Å². The zero-order chi connectivity index (χ0) is 15.5. The number of para-hydroxylation sites is 1. The second-order valence-electron chi connectivity index (χ2n) is 6.73. The van der Waals surface area contributed by atoms with Crippen molar-refractivity contribution in [3.05, 3.63) is 29.8 Å². The Labute approximate surface area is 132 Å². The Morgan fingerprint density at radius 1 is 1.27 bits per heavy atom. The Bertz CT molecular complexity index is 518. The molecule has 0 heterocycles. The molecule has 120 valence electrons. The van der Waals surface area contributed by atoms with Gasteiger partial charge in [-0.05, 0) is 43.6 Å². The molecule has 0 radical (unpaired) electrons. The highest BCUT2D eigenvalue weighted by molar-refractivity contribution is 5.78. The third kappa shape index (κ3) is 3.12. The number of amides is 1. The molecule has 2 aliphatic rings. The van der Waals surface area contributed by atoms with Crippen LogP contribution in [0.3, 0.4) is 0 Å².